The zero-order chi connectivity index (χ0) is 37.5. The van der Waals surface area contributed by atoms with Crippen LogP contribution in [-0.2, 0) is 23.9 Å². The molecule has 0 saturated heterocycles. The molecule has 0 bridgehead atoms. The van der Waals surface area contributed by atoms with Crippen molar-refractivity contribution in [1.29, 1.82) is 0 Å². The number of ketones is 1. The minimum atomic E-state index is -1.03. The highest BCUT2D eigenvalue weighted by molar-refractivity contribution is 5.86. The van der Waals surface area contributed by atoms with Crippen LogP contribution < -0.4 is 0 Å². The highest BCUT2D eigenvalue weighted by atomic mass is 16.6. The Morgan fingerprint density at radius 2 is 1.14 bits per heavy atom. The fraction of sp³-hybridized carbons (Fsp3) is 0.884. The molecule has 1 aliphatic rings. The summed E-state index contributed by atoms with van der Waals surface area (Å²) in [6, 6.07) is 0. The zero-order valence-corrected chi connectivity index (χ0v) is 33.0. The van der Waals surface area contributed by atoms with E-state index >= 15 is 0 Å². The highest BCUT2D eigenvalue weighted by Crippen LogP contribution is 2.34. The maximum absolute atomic E-state index is 12.4. The van der Waals surface area contributed by atoms with Crippen LogP contribution in [0.15, 0.2) is 12.2 Å². The van der Waals surface area contributed by atoms with E-state index in [0.29, 0.717) is 19.3 Å². The molecule has 1 aliphatic carbocycles. The fourth-order valence-corrected chi connectivity index (χ4v) is 7.06. The average Bonchev–Trinajstić information content (AvgIpc) is 3.37. The number of hydrogen-bond acceptors (Lipinski definition) is 8. The summed E-state index contributed by atoms with van der Waals surface area (Å²) < 4.78 is 10.3. The van der Waals surface area contributed by atoms with Crippen molar-refractivity contribution < 1.29 is 39.2 Å². The molecule has 0 aliphatic heterocycles. The average molecular weight is 723 g/mol. The number of carbonyl (C=O) groups excluding carboxylic acids is 3. The topological polar surface area (TPSA) is 130 Å². The zero-order valence-electron chi connectivity index (χ0n) is 33.0. The molecule has 0 unspecified atom stereocenters. The molecule has 0 aromatic carbocycles. The van der Waals surface area contributed by atoms with E-state index in [0.717, 1.165) is 70.1 Å². The molecule has 8 heteroatoms. The van der Waals surface area contributed by atoms with Crippen LogP contribution in [0.1, 0.15) is 194 Å². The van der Waals surface area contributed by atoms with E-state index in [9.17, 15) is 29.7 Å². The second-order valence-corrected chi connectivity index (χ2v) is 15.7. The van der Waals surface area contributed by atoms with Crippen LogP contribution in [0.25, 0.3) is 0 Å². The lowest BCUT2D eigenvalue weighted by molar-refractivity contribution is -0.152. The number of carbonyl (C=O) groups is 3. The third kappa shape index (κ3) is 26.6. The fourth-order valence-electron chi connectivity index (χ4n) is 7.06. The van der Waals surface area contributed by atoms with Crippen molar-refractivity contribution in [1.82, 2.24) is 0 Å². The number of ether oxygens (including phenoxy) is 2. The van der Waals surface area contributed by atoms with Gasteiger partial charge in [0.2, 0.25) is 0 Å². The Bertz CT molecular complexity index is 902. The SMILES string of the molecule is CCCCC[C@H](O)/C=C/[C@H]1C(=O)C[C@H](O)[C@@H]1CCCCCCC(=O)OC[C@@H](O)COC(=O)CCCCCCCCCCCCCCCCC(C)C. The van der Waals surface area contributed by atoms with Crippen LogP contribution >= 0.6 is 0 Å². The predicted molar refractivity (Wildman–Crippen MR) is 206 cm³/mol. The normalized spacial score (nSPS) is 18.9. The Labute approximate surface area is 311 Å². The number of aliphatic hydroxyl groups is 3. The van der Waals surface area contributed by atoms with Gasteiger partial charge in [-0.1, -0.05) is 161 Å². The molecular weight excluding hydrogens is 644 g/mol. The first kappa shape index (κ1) is 47.3. The van der Waals surface area contributed by atoms with Crippen molar-refractivity contribution >= 4 is 17.7 Å². The van der Waals surface area contributed by atoms with Crippen molar-refractivity contribution in [3.8, 4) is 0 Å². The van der Waals surface area contributed by atoms with E-state index in [1.54, 1.807) is 12.2 Å². The van der Waals surface area contributed by atoms with Gasteiger partial charge in [0.1, 0.15) is 25.1 Å². The summed E-state index contributed by atoms with van der Waals surface area (Å²) in [5, 5.41) is 30.7. The number of Topliss-reactive ketones (excluding diaryl/α,β-unsaturated/α-hetero) is 1. The molecule has 3 N–H and O–H groups in total. The first-order valence-corrected chi connectivity index (χ1v) is 21.2. The Hall–Kier alpha value is -1.77. The summed E-state index contributed by atoms with van der Waals surface area (Å²) in [4.78, 5) is 36.6. The van der Waals surface area contributed by atoms with Gasteiger partial charge in [0.15, 0.2) is 0 Å². The molecule has 0 radical (unpaired) electrons. The summed E-state index contributed by atoms with van der Waals surface area (Å²) in [6.45, 7) is 6.36. The van der Waals surface area contributed by atoms with Crippen LogP contribution in [0.3, 0.4) is 0 Å². The molecule has 0 aromatic rings. The Kier molecular flexibility index (Phi) is 29.4. The van der Waals surface area contributed by atoms with Gasteiger partial charge < -0.3 is 24.8 Å². The summed E-state index contributed by atoms with van der Waals surface area (Å²) in [7, 11) is 0. The number of allylic oxidation sites excluding steroid dienone is 1. The van der Waals surface area contributed by atoms with Crippen molar-refractivity contribution in [3.63, 3.8) is 0 Å². The maximum atomic E-state index is 12.4. The molecule has 51 heavy (non-hydrogen) atoms. The van der Waals surface area contributed by atoms with Gasteiger partial charge in [0.25, 0.3) is 0 Å². The van der Waals surface area contributed by atoms with Gasteiger partial charge in [-0.3, -0.25) is 14.4 Å². The lowest BCUT2D eigenvalue weighted by atomic mass is 9.88. The molecule has 0 heterocycles. The van der Waals surface area contributed by atoms with Crippen LogP contribution in [0.4, 0.5) is 0 Å². The van der Waals surface area contributed by atoms with Crippen LogP contribution in [0.5, 0.6) is 0 Å². The molecule has 0 aromatic heterocycles. The van der Waals surface area contributed by atoms with E-state index < -0.39 is 18.3 Å². The number of rotatable bonds is 34. The molecule has 1 rings (SSSR count). The smallest absolute Gasteiger partial charge is 0.305 e. The number of unbranched alkanes of at least 4 members (excludes halogenated alkanes) is 18. The lowest BCUT2D eigenvalue weighted by Crippen LogP contribution is -2.25. The van der Waals surface area contributed by atoms with Gasteiger partial charge in [0.05, 0.1) is 12.2 Å². The summed E-state index contributed by atoms with van der Waals surface area (Å²) in [6.07, 6.45) is 28.9. The lowest BCUT2D eigenvalue weighted by Gasteiger charge is -2.19. The van der Waals surface area contributed by atoms with Gasteiger partial charge in [-0.25, -0.2) is 0 Å². The van der Waals surface area contributed by atoms with Gasteiger partial charge in [-0.05, 0) is 37.5 Å². The van der Waals surface area contributed by atoms with Crippen molar-refractivity contribution in [3.05, 3.63) is 12.2 Å². The van der Waals surface area contributed by atoms with Gasteiger partial charge in [0, 0.05) is 25.2 Å². The number of aliphatic hydroxyl groups excluding tert-OH is 3. The predicted octanol–water partition coefficient (Wildman–Crippen LogP) is 9.74. The molecule has 5 atom stereocenters. The summed E-state index contributed by atoms with van der Waals surface area (Å²) in [5.74, 6) is -0.305. The highest BCUT2D eigenvalue weighted by Gasteiger charge is 2.39. The first-order chi connectivity index (χ1) is 24.6. The second kappa shape index (κ2) is 31.7. The van der Waals surface area contributed by atoms with Crippen molar-refractivity contribution in [2.45, 2.75) is 212 Å². The molecule has 298 valence electrons. The minimum absolute atomic E-state index is 0.0365. The van der Waals surface area contributed by atoms with Crippen LogP contribution in [0, 0.1) is 17.8 Å². The Morgan fingerprint density at radius 1 is 0.686 bits per heavy atom. The molecule has 8 nitrogen and oxygen atoms in total. The standard InChI is InChI=1S/C43H78O8/c1-4-5-20-26-36(44)30-31-39-38(40(46)32-41(39)47)27-22-18-19-24-29-43(49)51-34-37(45)33-50-42(48)28-23-17-15-13-11-9-7-6-8-10-12-14-16-21-25-35(2)3/h30-31,35-40,44-46H,4-29,32-34H2,1-3H3/b31-30+/t36-,37-,38+,39+,40-/m0/s1. The maximum Gasteiger partial charge on any atom is 0.305 e. The van der Waals surface area contributed by atoms with E-state index in [4.69, 9.17) is 9.47 Å². The summed E-state index contributed by atoms with van der Waals surface area (Å²) in [5.41, 5.74) is 0. The largest absolute Gasteiger partial charge is 0.463 e. The van der Waals surface area contributed by atoms with E-state index in [-0.39, 0.29) is 55.6 Å². The number of esters is 2. The Balaban J connectivity index is 1.97. The van der Waals surface area contributed by atoms with Crippen LogP contribution in [-0.4, -0.2) is 64.6 Å². The third-order valence-corrected chi connectivity index (χ3v) is 10.3. The first-order valence-electron chi connectivity index (χ1n) is 21.2. The second-order valence-electron chi connectivity index (χ2n) is 15.7. The quantitative estimate of drug-likeness (QED) is 0.0340. The molecule has 0 amide bonds. The third-order valence-electron chi connectivity index (χ3n) is 10.3. The van der Waals surface area contributed by atoms with E-state index in [2.05, 4.69) is 20.8 Å². The van der Waals surface area contributed by atoms with Crippen LogP contribution in [0.2, 0.25) is 0 Å². The van der Waals surface area contributed by atoms with Gasteiger partial charge in [-0.15, -0.1) is 0 Å². The van der Waals surface area contributed by atoms with E-state index in [1.807, 2.05) is 0 Å². The van der Waals surface area contributed by atoms with Crippen molar-refractivity contribution in [2.75, 3.05) is 13.2 Å². The van der Waals surface area contributed by atoms with Gasteiger partial charge >= 0.3 is 11.9 Å². The minimum Gasteiger partial charge on any atom is -0.463 e. The molecule has 1 fully saturated rings. The summed E-state index contributed by atoms with van der Waals surface area (Å²) >= 11 is 0. The number of hydrogen-bond donors (Lipinski definition) is 3. The van der Waals surface area contributed by atoms with E-state index in [1.165, 1.54) is 77.0 Å². The van der Waals surface area contributed by atoms with Gasteiger partial charge in [-0.2, -0.15) is 0 Å². The molecular formula is C43H78O8. The molecule has 1 saturated carbocycles. The monoisotopic (exact) mass is 723 g/mol. The molecule has 0 spiro atoms. The Morgan fingerprint density at radius 3 is 1.63 bits per heavy atom. The van der Waals surface area contributed by atoms with Crippen molar-refractivity contribution in [2.24, 2.45) is 17.8 Å².